The SMILES string of the molecule is CCOC(=O)[C@H]1CC=CC[C@@H]1NC(=O)c1ccc2c(c1)C=CC(c1cccc(F)c1)=I2. The average Bonchev–Trinajstić information content (AvgIpc) is 2.79. The van der Waals surface area contributed by atoms with Crippen molar-refractivity contribution in [2.45, 2.75) is 25.8 Å². The van der Waals surface area contributed by atoms with Gasteiger partial charge in [0.15, 0.2) is 0 Å². The Balaban J connectivity index is 1.51. The summed E-state index contributed by atoms with van der Waals surface area (Å²) in [5.74, 6) is -1.06. The molecule has 4 rings (SSSR count). The summed E-state index contributed by atoms with van der Waals surface area (Å²) in [6.07, 6.45) is 9.14. The Morgan fingerprint density at radius 2 is 1.97 bits per heavy atom. The number of benzene rings is 2. The van der Waals surface area contributed by atoms with Crippen LogP contribution in [-0.4, -0.2) is 28.0 Å². The molecule has 31 heavy (non-hydrogen) atoms. The second-order valence-corrected chi connectivity index (χ2v) is 10.3. The predicted molar refractivity (Wildman–Crippen MR) is 128 cm³/mol. The van der Waals surface area contributed by atoms with Gasteiger partial charge in [-0.25, -0.2) is 4.39 Å². The number of ether oxygens (including phenoxy) is 1. The number of amides is 1. The van der Waals surface area contributed by atoms with Crippen LogP contribution in [0, 0.1) is 15.3 Å². The molecule has 6 heteroatoms. The molecule has 2 aromatic carbocycles. The number of hydrogen-bond acceptors (Lipinski definition) is 3. The van der Waals surface area contributed by atoms with E-state index < -0.39 is 20.7 Å². The molecular weight excluding hydrogens is 508 g/mol. The monoisotopic (exact) mass is 531 g/mol. The van der Waals surface area contributed by atoms with Crippen molar-refractivity contribution in [1.82, 2.24) is 5.32 Å². The Morgan fingerprint density at radius 3 is 2.77 bits per heavy atom. The maximum atomic E-state index is 13.6. The number of carbonyl (C=O) groups is 2. The van der Waals surface area contributed by atoms with E-state index in [0.717, 1.165) is 14.6 Å². The van der Waals surface area contributed by atoms with Gasteiger partial charge in [0.1, 0.15) is 5.82 Å². The Morgan fingerprint density at radius 1 is 1.13 bits per heavy atom. The number of nitrogens with one attached hydrogen (secondary N) is 1. The lowest BCUT2D eigenvalue weighted by molar-refractivity contribution is -0.149. The zero-order chi connectivity index (χ0) is 21.8. The molecule has 1 N–H and O–H groups in total. The van der Waals surface area contributed by atoms with E-state index >= 15 is 0 Å². The van der Waals surface area contributed by atoms with E-state index in [1.807, 2.05) is 48.6 Å². The molecule has 0 radical (unpaired) electrons. The van der Waals surface area contributed by atoms with E-state index in [0.29, 0.717) is 25.0 Å². The molecule has 0 spiro atoms. The van der Waals surface area contributed by atoms with Crippen LogP contribution in [0.25, 0.3) is 6.08 Å². The maximum Gasteiger partial charge on any atom is 0.311 e. The maximum absolute atomic E-state index is 13.6. The lowest BCUT2D eigenvalue weighted by Gasteiger charge is -2.27. The topological polar surface area (TPSA) is 55.4 Å². The Hall–Kier alpha value is -2.61. The van der Waals surface area contributed by atoms with Crippen molar-refractivity contribution in [1.29, 1.82) is 0 Å². The van der Waals surface area contributed by atoms with Crippen molar-refractivity contribution in [2.75, 3.05) is 6.61 Å². The van der Waals surface area contributed by atoms with Crippen molar-refractivity contribution in [2.24, 2.45) is 5.92 Å². The van der Waals surface area contributed by atoms with Gasteiger partial charge < -0.3 is 10.1 Å². The quantitative estimate of drug-likeness (QED) is 0.342. The molecule has 4 nitrogen and oxygen atoms in total. The summed E-state index contributed by atoms with van der Waals surface area (Å²) in [7, 11) is 0. The van der Waals surface area contributed by atoms with Crippen LogP contribution in [0.2, 0.25) is 0 Å². The normalized spacial score (nSPS) is 19.6. The number of fused-ring (bicyclic) bond motifs is 1. The molecule has 1 aliphatic heterocycles. The summed E-state index contributed by atoms with van der Waals surface area (Å²) in [5.41, 5.74) is 2.50. The Labute approximate surface area is 190 Å². The first-order chi connectivity index (χ1) is 15.0. The zero-order valence-electron chi connectivity index (χ0n) is 17.1. The number of allylic oxidation sites excluding steroid dienone is 2. The van der Waals surface area contributed by atoms with Crippen LogP contribution < -0.4 is 5.32 Å². The molecule has 0 fully saturated rings. The second-order valence-electron chi connectivity index (χ2n) is 7.40. The molecule has 1 aliphatic carbocycles. The molecule has 2 aromatic rings. The number of esters is 1. The smallest absolute Gasteiger partial charge is 0.311 e. The Bertz CT molecular complexity index is 1110. The lowest BCUT2D eigenvalue weighted by atomic mass is 9.88. The van der Waals surface area contributed by atoms with Crippen LogP contribution in [-0.2, 0) is 9.53 Å². The van der Waals surface area contributed by atoms with Gasteiger partial charge in [-0.2, -0.15) is 0 Å². The number of hydrogen-bond donors (Lipinski definition) is 1. The fourth-order valence-electron chi connectivity index (χ4n) is 3.73. The standard InChI is InChI=1S/C25H23FINO3/c1-2-31-25(30)20-8-3-4-9-23(20)28-24(29)18-11-13-22-17(14-18)10-12-21(27-22)16-6-5-7-19(26)15-16/h3-7,10-15,20,23H,2,8-9H2,1H3,(H,28,29)/t20-,23-/m0/s1. The number of carbonyl (C=O) groups excluding carboxylic acids is 2. The summed E-state index contributed by atoms with van der Waals surface area (Å²) < 4.78 is 21.1. The first-order valence-electron chi connectivity index (χ1n) is 10.3. The summed E-state index contributed by atoms with van der Waals surface area (Å²) in [4.78, 5) is 25.1. The molecule has 0 unspecified atom stereocenters. The van der Waals surface area contributed by atoms with E-state index in [1.54, 1.807) is 19.1 Å². The minimum Gasteiger partial charge on any atom is -0.466 e. The van der Waals surface area contributed by atoms with E-state index in [2.05, 4.69) is 5.32 Å². The van der Waals surface area contributed by atoms with Crippen LogP contribution in [0.15, 0.2) is 60.7 Å². The highest BCUT2D eigenvalue weighted by Crippen LogP contribution is 2.29. The van der Waals surface area contributed by atoms with Crippen molar-refractivity contribution >= 4 is 42.2 Å². The van der Waals surface area contributed by atoms with Crippen LogP contribution >= 0.6 is 20.7 Å². The van der Waals surface area contributed by atoms with Crippen LogP contribution in [0.4, 0.5) is 4.39 Å². The minimum atomic E-state index is -0.472. The van der Waals surface area contributed by atoms with Crippen LogP contribution in [0.3, 0.4) is 0 Å². The molecule has 0 saturated carbocycles. The van der Waals surface area contributed by atoms with E-state index in [-0.39, 0.29) is 29.7 Å². The fraction of sp³-hybridized carbons (Fsp3) is 0.240. The van der Waals surface area contributed by atoms with Gasteiger partial charge in [0, 0.05) is 18.7 Å². The molecule has 1 amide bonds. The third-order valence-electron chi connectivity index (χ3n) is 5.31. The highest BCUT2D eigenvalue weighted by Gasteiger charge is 2.31. The van der Waals surface area contributed by atoms with Crippen molar-refractivity contribution < 1.29 is 18.7 Å². The Kier molecular flexibility index (Phi) is 6.75. The van der Waals surface area contributed by atoms with Crippen molar-refractivity contribution in [3.05, 3.63) is 86.8 Å². The molecule has 160 valence electrons. The molecule has 1 heterocycles. The summed E-state index contributed by atoms with van der Waals surface area (Å²) in [5, 5.41) is 3.02. The van der Waals surface area contributed by atoms with Gasteiger partial charge in [-0.1, -0.05) is 51.1 Å². The van der Waals surface area contributed by atoms with Crippen LogP contribution in [0.5, 0.6) is 0 Å². The number of halogens is 2. The first kappa shape index (κ1) is 21.6. The average molecular weight is 531 g/mol. The summed E-state index contributed by atoms with van der Waals surface area (Å²) in [6.45, 7) is 2.11. The van der Waals surface area contributed by atoms with Crippen molar-refractivity contribution in [3.8, 4) is 0 Å². The van der Waals surface area contributed by atoms with Gasteiger partial charge in [0.25, 0.3) is 5.91 Å². The zero-order valence-corrected chi connectivity index (χ0v) is 19.3. The van der Waals surface area contributed by atoms with E-state index in [9.17, 15) is 14.0 Å². The van der Waals surface area contributed by atoms with Gasteiger partial charge in [-0.05, 0) is 67.3 Å². The van der Waals surface area contributed by atoms with E-state index in [4.69, 9.17) is 4.74 Å². The van der Waals surface area contributed by atoms with Gasteiger partial charge in [-0.15, -0.1) is 0 Å². The predicted octanol–water partition coefficient (Wildman–Crippen LogP) is 4.84. The first-order valence-corrected chi connectivity index (χ1v) is 12.4. The molecule has 2 aliphatic rings. The molecule has 0 aromatic heterocycles. The lowest BCUT2D eigenvalue weighted by Crippen LogP contribution is -2.44. The fourth-order valence-corrected chi connectivity index (χ4v) is 6.36. The number of rotatable bonds is 5. The van der Waals surface area contributed by atoms with Gasteiger partial charge >= 0.3 is 5.97 Å². The van der Waals surface area contributed by atoms with Gasteiger partial charge in [-0.3, -0.25) is 9.59 Å². The minimum absolute atomic E-state index is 0.191. The van der Waals surface area contributed by atoms with Crippen LogP contribution in [0.1, 0.15) is 41.3 Å². The largest absolute Gasteiger partial charge is 0.466 e. The summed E-state index contributed by atoms with van der Waals surface area (Å²) >= 11 is -0.472. The molecule has 2 atom stereocenters. The third kappa shape index (κ3) is 5.01. The molecule has 0 bridgehead atoms. The van der Waals surface area contributed by atoms with Crippen molar-refractivity contribution in [3.63, 3.8) is 0 Å². The van der Waals surface area contributed by atoms with Gasteiger partial charge in [0.05, 0.1) is 12.5 Å². The second kappa shape index (κ2) is 9.68. The summed E-state index contributed by atoms with van der Waals surface area (Å²) in [6, 6.07) is 12.1. The molecular formula is C25H23FINO3. The van der Waals surface area contributed by atoms with E-state index in [1.165, 1.54) is 9.64 Å². The third-order valence-corrected chi connectivity index (χ3v) is 8.44. The highest BCUT2D eigenvalue weighted by molar-refractivity contribution is 14.2. The molecule has 0 saturated heterocycles. The van der Waals surface area contributed by atoms with Gasteiger partial charge in [0.2, 0.25) is 0 Å². The highest BCUT2D eigenvalue weighted by atomic mass is 127.